The number of carbonyl (C=O) groups is 1. The molecule has 2 aromatic heterocycles. The fourth-order valence-electron chi connectivity index (χ4n) is 5.14. The highest BCUT2D eigenvalue weighted by atomic mass is 16.2. The van der Waals surface area contributed by atoms with Crippen molar-refractivity contribution in [1.29, 1.82) is 0 Å². The van der Waals surface area contributed by atoms with Crippen molar-refractivity contribution in [2.75, 3.05) is 0 Å². The second-order valence-electron chi connectivity index (χ2n) is 8.31. The fourth-order valence-corrected chi connectivity index (χ4v) is 5.14. The van der Waals surface area contributed by atoms with E-state index in [1.54, 1.807) is 0 Å². The number of rotatable bonds is 5. The monoisotopic (exact) mass is 376 g/mol. The summed E-state index contributed by atoms with van der Waals surface area (Å²) in [5.74, 6) is 0.214. The van der Waals surface area contributed by atoms with Gasteiger partial charge in [-0.25, -0.2) is 0 Å². The van der Waals surface area contributed by atoms with Crippen molar-refractivity contribution in [2.45, 2.75) is 64.1 Å². The van der Waals surface area contributed by atoms with Gasteiger partial charge >= 0.3 is 0 Å². The number of fused-ring (bicyclic) bond motifs is 2. The first kappa shape index (κ1) is 17.5. The number of para-hydroxylation sites is 1. The minimum atomic E-state index is 0.214. The van der Waals surface area contributed by atoms with Crippen LogP contribution in [0.5, 0.6) is 0 Å². The topological polar surface area (TPSA) is 43.1 Å². The Morgan fingerprint density at radius 3 is 2.82 bits per heavy atom. The van der Waals surface area contributed by atoms with Gasteiger partial charge in [-0.1, -0.05) is 31.0 Å². The number of aryl methyl sites for hydroxylation is 1. The number of hydrogen-bond acceptors (Lipinski definition) is 2. The van der Waals surface area contributed by atoms with Crippen LogP contribution in [0.2, 0.25) is 0 Å². The Morgan fingerprint density at radius 2 is 1.96 bits per heavy atom. The Morgan fingerprint density at radius 1 is 1.14 bits per heavy atom. The molecule has 1 fully saturated rings. The van der Waals surface area contributed by atoms with Crippen LogP contribution in [0.4, 0.5) is 0 Å². The molecule has 0 radical (unpaired) electrons. The van der Waals surface area contributed by atoms with E-state index >= 15 is 0 Å². The molecule has 28 heavy (non-hydrogen) atoms. The molecule has 0 spiro atoms. The highest BCUT2D eigenvalue weighted by Crippen LogP contribution is 2.29. The van der Waals surface area contributed by atoms with Gasteiger partial charge in [0.1, 0.15) is 6.54 Å². The number of nitrogens with zero attached hydrogens (tertiary/aromatic N) is 4. The number of aromatic nitrogens is 3. The Bertz CT molecular complexity index is 1010. The molecule has 5 nitrogen and oxygen atoms in total. The number of carbonyl (C=O) groups excluding carboxylic acids is 1. The molecule has 0 aliphatic heterocycles. The highest BCUT2D eigenvalue weighted by molar-refractivity contribution is 5.83. The first-order chi connectivity index (χ1) is 13.7. The molecule has 0 saturated heterocycles. The molecule has 0 atom stereocenters. The van der Waals surface area contributed by atoms with Gasteiger partial charge in [-0.15, -0.1) is 0 Å². The average Bonchev–Trinajstić information content (AvgIpc) is 3.47. The molecule has 0 unspecified atom stereocenters. The molecular formula is C23H28N4O. The molecule has 0 N–H and O–H groups in total. The van der Waals surface area contributed by atoms with Crippen LogP contribution in [0.15, 0.2) is 36.5 Å². The van der Waals surface area contributed by atoms with Crippen molar-refractivity contribution in [1.82, 2.24) is 19.2 Å². The van der Waals surface area contributed by atoms with Crippen LogP contribution in [-0.2, 0) is 37.8 Å². The molecule has 146 valence electrons. The predicted octanol–water partition coefficient (Wildman–Crippen LogP) is 3.83. The van der Waals surface area contributed by atoms with Crippen molar-refractivity contribution in [3.63, 3.8) is 0 Å². The van der Waals surface area contributed by atoms with E-state index in [0.717, 1.165) is 36.9 Å². The number of amides is 1. The minimum absolute atomic E-state index is 0.214. The molecule has 1 saturated carbocycles. The summed E-state index contributed by atoms with van der Waals surface area (Å²) in [7, 11) is 2.04. The van der Waals surface area contributed by atoms with E-state index in [1.165, 1.54) is 35.9 Å². The van der Waals surface area contributed by atoms with Crippen molar-refractivity contribution >= 4 is 16.8 Å². The maximum Gasteiger partial charge on any atom is 0.243 e. The number of hydrogen-bond donors (Lipinski definition) is 0. The first-order valence-corrected chi connectivity index (χ1v) is 10.6. The molecule has 1 aromatic carbocycles. The second kappa shape index (κ2) is 7.12. The van der Waals surface area contributed by atoms with Gasteiger partial charge < -0.3 is 9.47 Å². The van der Waals surface area contributed by atoms with Gasteiger partial charge in [0, 0.05) is 30.5 Å². The zero-order valence-corrected chi connectivity index (χ0v) is 16.6. The van der Waals surface area contributed by atoms with Crippen LogP contribution in [0.1, 0.15) is 49.1 Å². The van der Waals surface area contributed by atoms with Gasteiger partial charge in [-0.3, -0.25) is 9.48 Å². The Balaban J connectivity index is 1.42. The zero-order valence-electron chi connectivity index (χ0n) is 16.6. The van der Waals surface area contributed by atoms with Crippen LogP contribution in [0.3, 0.4) is 0 Å². The summed E-state index contributed by atoms with van der Waals surface area (Å²) in [6.45, 7) is 1.06. The Hall–Kier alpha value is -2.56. The third-order valence-electron chi connectivity index (χ3n) is 6.59. The van der Waals surface area contributed by atoms with Crippen LogP contribution in [-0.4, -0.2) is 31.2 Å². The quantitative estimate of drug-likeness (QED) is 0.679. The van der Waals surface area contributed by atoms with E-state index in [1.807, 2.05) is 30.1 Å². The maximum absolute atomic E-state index is 13.4. The molecule has 0 bridgehead atoms. The first-order valence-electron chi connectivity index (χ1n) is 10.6. The lowest BCUT2D eigenvalue weighted by Gasteiger charge is -2.29. The van der Waals surface area contributed by atoms with Crippen molar-refractivity contribution in [2.24, 2.45) is 7.05 Å². The Kier molecular flexibility index (Phi) is 4.46. The molecular weight excluding hydrogens is 348 g/mol. The van der Waals surface area contributed by atoms with E-state index in [-0.39, 0.29) is 5.91 Å². The predicted molar refractivity (Wildman–Crippen MR) is 110 cm³/mol. The second-order valence-corrected chi connectivity index (χ2v) is 8.31. The molecule has 2 aliphatic carbocycles. The summed E-state index contributed by atoms with van der Waals surface area (Å²) in [6, 6.07) is 10.7. The van der Waals surface area contributed by atoms with Crippen LogP contribution >= 0.6 is 0 Å². The summed E-state index contributed by atoms with van der Waals surface area (Å²) < 4.78 is 4.12. The van der Waals surface area contributed by atoms with Gasteiger partial charge in [0.25, 0.3) is 0 Å². The standard InChI is InChI=1S/C23H28N4O/c1-25-22-12-6-10-19(22)20(24-25)15-27(18-8-3-4-9-18)23(28)16-26-14-13-17-7-2-5-11-21(17)26/h2,5,7,11,13-14,18H,3-4,6,8-10,12,15-16H2,1H3. The lowest BCUT2D eigenvalue weighted by atomic mass is 10.1. The zero-order chi connectivity index (χ0) is 19.1. The largest absolute Gasteiger partial charge is 0.338 e. The van der Waals surface area contributed by atoms with Crippen molar-refractivity contribution in [3.05, 3.63) is 53.5 Å². The normalized spacial score (nSPS) is 16.8. The maximum atomic E-state index is 13.4. The van der Waals surface area contributed by atoms with Crippen LogP contribution in [0.25, 0.3) is 10.9 Å². The van der Waals surface area contributed by atoms with E-state index in [2.05, 4.69) is 27.7 Å². The SMILES string of the molecule is Cn1nc(CN(C(=O)Cn2ccc3ccccc32)C2CCCC2)c2c1CCC2. The van der Waals surface area contributed by atoms with Gasteiger partial charge in [0.05, 0.1) is 12.2 Å². The van der Waals surface area contributed by atoms with Gasteiger partial charge in [-0.2, -0.15) is 5.10 Å². The van der Waals surface area contributed by atoms with Crippen molar-refractivity contribution in [3.8, 4) is 0 Å². The van der Waals surface area contributed by atoms with E-state index in [4.69, 9.17) is 5.10 Å². The molecule has 1 amide bonds. The average molecular weight is 377 g/mol. The molecule has 3 aromatic rings. The molecule has 2 aliphatic rings. The van der Waals surface area contributed by atoms with E-state index < -0.39 is 0 Å². The molecule has 5 heteroatoms. The molecule has 5 rings (SSSR count). The third kappa shape index (κ3) is 3.03. The smallest absolute Gasteiger partial charge is 0.243 e. The number of benzene rings is 1. The summed E-state index contributed by atoms with van der Waals surface area (Å²) in [4.78, 5) is 15.6. The van der Waals surface area contributed by atoms with E-state index in [0.29, 0.717) is 19.1 Å². The van der Waals surface area contributed by atoms with Gasteiger partial charge in [0.15, 0.2) is 0 Å². The van der Waals surface area contributed by atoms with Crippen molar-refractivity contribution < 1.29 is 4.79 Å². The van der Waals surface area contributed by atoms with Gasteiger partial charge in [0.2, 0.25) is 5.91 Å². The summed E-state index contributed by atoms with van der Waals surface area (Å²) in [6.07, 6.45) is 10.1. The lowest BCUT2D eigenvalue weighted by Crippen LogP contribution is -2.40. The minimum Gasteiger partial charge on any atom is -0.338 e. The third-order valence-corrected chi connectivity index (χ3v) is 6.59. The van der Waals surface area contributed by atoms with Crippen LogP contribution in [0, 0.1) is 0 Å². The fraction of sp³-hybridized carbons (Fsp3) is 0.478. The summed E-state index contributed by atoms with van der Waals surface area (Å²) >= 11 is 0. The Labute approximate surface area is 165 Å². The summed E-state index contributed by atoms with van der Waals surface area (Å²) in [5.41, 5.74) is 5.00. The molecule has 2 heterocycles. The lowest BCUT2D eigenvalue weighted by molar-refractivity contribution is -0.134. The van der Waals surface area contributed by atoms with E-state index in [9.17, 15) is 4.79 Å². The van der Waals surface area contributed by atoms with Crippen LogP contribution < -0.4 is 0 Å². The van der Waals surface area contributed by atoms with Gasteiger partial charge in [-0.05, 0) is 55.2 Å². The summed E-state index contributed by atoms with van der Waals surface area (Å²) in [5, 5.41) is 5.97. The highest BCUT2D eigenvalue weighted by Gasteiger charge is 2.30.